The largest absolute Gasteiger partial charge is 0.347 e. The van der Waals surface area contributed by atoms with Crippen LogP contribution >= 0.6 is 0 Å². The molecule has 1 aliphatic heterocycles. The Morgan fingerprint density at radius 1 is 1.06 bits per heavy atom. The lowest BCUT2D eigenvalue weighted by Crippen LogP contribution is -2.45. The molecule has 0 aromatic rings. The minimum Gasteiger partial charge on any atom is -0.347 e. The van der Waals surface area contributed by atoms with E-state index in [1.54, 1.807) is 4.90 Å². The number of hydrogen-bond acceptors (Lipinski definition) is 3. The fourth-order valence-electron chi connectivity index (χ4n) is 1.86. The first-order chi connectivity index (χ1) is 7.75. The first kappa shape index (κ1) is 13.0. The topological polar surface area (TPSA) is 75.4 Å². The van der Waals surface area contributed by atoms with Crippen LogP contribution in [-0.2, 0) is 9.59 Å². The zero-order valence-electron chi connectivity index (χ0n) is 9.71. The van der Waals surface area contributed by atoms with E-state index in [1.165, 1.54) is 6.42 Å². The molecular weight excluding hydrogens is 206 g/mol. The van der Waals surface area contributed by atoms with Gasteiger partial charge in [-0.25, -0.2) is 0 Å². The lowest BCUT2D eigenvalue weighted by atomic mass is 10.1. The average molecular weight is 227 g/mol. The molecule has 1 saturated heterocycles. The van der Waals surface area contributed by atoms with Crippen LogP contribution in [0.2, 0.25) is 0 Å². The van der Waals surface area contributed by atoms with Crippen LogP contribution in [0.3, 0.4) is 0 Å². The van der Waals surface area contributed by atoms with Gasteiger partial charge in [0, 0.05) is 26.2 Å². The number of carbonyl (C=O) groups is 2. The van der Waals surface area contributed by atoms with Gasteiger partial charge in [0.05, 0.1) is 0 Å². The third-order valence-electron chi connectivity index (χ3n) is 2.77. The minimum absolute atomic E-state index is 0.360. The fourth-order valence-corrected chi connectivity index (χ4v) is 1.86. The van der Waals surface area contributed by atoms with E-state index in [0.29, 0.717) is 26.2 Å². The Morgan fingerprint density at radius 3 is 2.19 bits per heavy atom. The van der Waals surface area contributed by atoms with Crippen LogP contribution in [0.25, 0.3) is 0 Å². The third-order valence-corrected chi connectivity index (χ3v) is 2.77. The number of carbonyl (C=O) groups excluding carboxylic acids is 2. The van der Waals surface area contributed by atoms with Crippen LogP contribution in [0.4, 0.5) is 0 Å². The number of likely N-dealkylation sites (tertiary alicyclic amines) is 1. The van der Waals surface area contributed by atoms with Crippen molar-refractivity contribution in [1.82, 2.24) is 10.2 Å². The van der Waals surface area contributed by atoms with Crippen LogP contribution in [0.1, 0.15) is 32.1 Å². The highest BCUT2D eigenvalue weighted by Gasteiger charge is 2.21. The molecule has 0 atom stereocenters. The Labute approximate surface area is 96.4 Å². The molecule has 2 amide bonds. The third kappa shape index (κ3) is 4.18. The van der Waals surface area contributed by atoms with Crippen molar-refractivity contribution < 1.29 is 9.59 Å². The van der Waals surface area contributed by atoms with Gasteiger partial charge in [-0.15, -0.1) is 0 Å². The van der Waals surface area contributed by atoms with E-state index in [-0.39, 0.29) is 0 Å². The molecule has 0 aliphatic carbocycles. The SMILES string of the molecule is NCCNC(=O)C(=O)N1CCCCCCC1. The van der Waals surface area contributed by atoms with Gasteiger partial charge in [0.1, 0.15) is 0 Å². The molecule has 1 heterocycles. The Kier molecular flexibility index (Phi) is 5.85. The zero-order valence-corrected chi connectivity index (χ0v) is 9.71. The predicted octanol–water partition coefficient (Wildman–Crippen LogP) is -0.146. The molecule has 1 fully saturated rings. The molecule has 0 bridgehead atoms. The Morgan fingerprint density at radius 2 is 1.62 bits per heavy atom. The zero-order chi connectivity index (χ0) is 11.8. The van der Waals surface area contributed by atoms with Gasteiger partial charge in [0.2, 0.25) is 0 Å². The molecule has 0 unspecified atom stereocenters. The number of hydrogen-bond donors (Lipinski definition) is 2. The first-order valence-corrected chi connectivity index (χ1v) is 6.03. The van der Waals surface area contributed by atoms with Crippen molar-refractivity contribution in [3.8, 4) is 0 Å². The number of nitrogens with zero attached hydrogens (tertiary/aromatic N) is 1. The van der Waals surface area contributed by atoms with E-state index < -0.39 is 11.8 Å². The summed E-state index contributed by atoms with van der Waals surface area (Å²) in [6.45, 7) is 2.13. The van der Waals surface area contributed by atoms with Gasteiger partial charge in [-0.3, -0.25) is 9.59 Å². The lowest BCUT2D eigenvalue weighted by Gasteiger charge is -2.24. The van der Waals surface area contributed by atoms with Crippen molar-refractivity contribution in [3.63, 3.8) is 0 Å². The van der Waals surface area contributed by atoms with Gasteiger partial charge in [-0.2, -0.15) is 0 Å². The highest BCUT2D eigenvalue weighted by atomic mass is 16.2. The van der Waals surface area contributed by atoms with Gasteiger partial charge in [-0.1, -0.05) is 19.3 Å². The van der Waals surface area contributed by atoms with Gasteiger partial charge in [0.25, 0.3) is 0 Å². The summed E-state index contributed by atoms with van der Waals surface area (Å²) < 4.78 is 0. The van der Waals surface area contributed by atoms with Crippen molar-refractivity contribution >= 4 is 11.8 Å². The molecule has 1 rings (SSSR count). The number of rotatable bonds is 2. The highest BCUT2D eigenvalue weighted by molar-refractivity contribution is 6.35. The molecule has 16 heavy (non-hydrogen) atoms. The van der Waals surface area contributed by atoms with Gasteiger partial charge >= 0.3 is 11.8 Å². The molecule has 5 nitrogen and oxygen atoms in total. The standard InChI is InChI=1S/C11H21N3O2/c12-6-7-13-10(15)11(16)14-8-4-2-1-3-5-9-14/h1-9,12H2,(H,13,15). The Balaban J connectivity index is 2.40. The van der Waals surface area contributed by atoms with E-state index in [9.17, 15) is 9.59 Å². The van der Waals surface area contributed by atoms with Gasteiger partial charge in [-0.05, 0) is 12.8 Å². The van der Waals surface area contributed by atoms with Crippen LogP contribution in [0, 0.1) is 0 Å². The Hall–Kier alpha value is -1.10. The van der Waals surface area contributed by atoms with E-state index in [2.05, 4.69) is 5.32 Å². The van der Waals surface area contributed by atoms with Gasteiger partial charge in [0.15, 0.2) is 0 Å². The minimum atomic E-state index is -0.522. The predicted molar refractivity (Wildman–Crippen MR) is 61.7 cm³/mol. The maximum atomic E-state index is 11.7. The van der Waals surface area contributed by atoms with Crippen LogP contribution in [0.15, 0.2) is 0 Å². The molecule has 0 radical (unpaired) electrons. The summed E-state index contributed by atoms with van der Waals surface area (Å²) in [6.07, 6.45) is 5.52. The number of nitrogens with one attached hydrogen (secondary N) is 1. The van der Waals surface area contributed by atoms with Crippen LogP contribution < -0.4 is 11.1 Å². The number of amides is 2. The summed E-state index contributed by atoms with van der Waals surface area (Å²) in [5.41, 5.74) is 5.26. The van der Waals surface area contributed by atoms with Crippen LogP contribution in [-0.4, -0.2) is 42.9 Å². The molecule has 0 spiro atoms. The van der Waals surface area contributed by atoms with E-state index in [4.69, 9.17) is 5.73 Å². The summed E-state index contributed by atoms with van der Waals surface area (Å²) in [5.74, 6) is -0.929. The molecule has 0 aromatic carbocycles. The van der Waals surface area contributed by atoms with Crippen molar-refractivity contribution in [2.24, 2.45) is 5.73 Å². The van der Waals surface area contributed by atoms with E-state index in [0.717, 1.165) is 25.7 Å². The Bertz CT molecular complexity index is 235. The molecular formula is C11H21N3O2. The molecule has 1 aliphatic rings. The second kappa shape index (κ2) is 7.22. The normalized spacial score (nSPS) is 17.4. The molecule has 5 heteroatoms. The molecule has 0 saturated carbocycles. The highest BCUT2D eigenvalue weighted by Crippen LogP contribution is 2.10. The van der Waals surface area contributed by atoms with Crippen molar-refractivity contribution in [2.75, 3.05) is 26.2 Å². The van der Waals surface area contributed by atoms with E-state index >= 15 is 0 Å². The second-order valence-electron chi connectivity index (χ2n) is 4.10. The molecule has 0 aromatic heterocycles. The lowest BCUT2D eigenvalue weighted by molar-refractivity contribution is -0.146. The van der Waals surface area contributed by atoms with Crippen LogP contribution in [0.5, 0.6) is 0 Å². The summed E-state index contributed by atoms with van der Waals surface area (Å²) in [7, 11) is 0. The average Bonchev–Trinajstić information content (AvgIpc) is 2.24. The van der Waals surface area contributed by atoms with Crippen molar-refractivity contribution in [2.45, 2.75) is 32.1 Å². The van der Waals surface area contributed by atoms with Crippen molar-refractivity contribution in [3.05, 3.63) is 0 Å². The summed E-state index contributed by atoms with van der Waals surface area (Å²) in [5, 5.41) is 2.51. The first-order valence-electron chi connectivity index (χ1n) is 6.03. The monoisotopic (exact) mass is 227 g/mol. The maximum absolute atomic E-state index is 11.7. The molecule has 92 valence electrons. The molecule has 3 N–H and O–H groups in total. The summed E-state index contributed by atoms with van der Waals surface area (Å²) in [4.78, 5) is 24.8. The fraction of sp³-hybridized carbons (Fsp3) is 0.818. The number of nitrogens with two attached hydrogens (primary N) is 1. The quantitative estimate of drug-likeness (QED) is 0.644. The second-order valence-corrected chi connectivity index (χ2v) is 4.10. The van der Waals surface area contributed by atoms with Gasteiger partial charge < -0.3 is 16.0 Å². The summed E-state index contributed by atoms with van der Waals surface area (Å²) >= 11 is 0. The maximum Gasteiger partial charge on any atom is 0.311 e. The smallest absolute Gasteiger partial charge is 0.311 e. The van der Waals surface area contributed by atoms with E-state index in [1.807, 2.05) is 0 Å². The summed E-state index contributed by atoms with van der Waals surface area (Å²) in [6, 6.07) is 0. The van der Waals surface area contributed by atoms with Crippen molar-refractivity contribution in [1.29, 1.82) is 0 Å².